The molecule has 0 aliphatic heterocycles. The van der Waals surface area contributed by atoms with Crippen LogP contribution in [0.1, 0.15) is 36.0 Å². The Labute approximate surface area is 107 Å². The summed E-state index contributed by atoms with van der Waals surface area (Å²) < 4.78 is 2.01. The van der Waals surface area contributed by atoms with Gasteiger partial charge in [0.25, 0.3) is 5.91 Å². The van der Waals surface area contributed by atoms with Crippen LogP contribution >= 0.6 is 0 Å². The molecule has 1 aliphatic carbocycles. The smallest absolute Gasteiger partial charge is 0.253 e. The van der Waals surface area contributed by atoms with Crippen molar-refractivity contribution in [3.63, 3.8) is 0 Å². The van der Waals surface area contributed by atoms with Crippen molar-refractivity contribution in [3.8, 4) is 0 Å². The van der Waals surface area contributed by atoms with E-state index >= 15 is 0 Å². The molecule has 1 aliphatic rings. The van der Waals surface area contributed by atoms with E-state index in [9.17, 15) is 4.79 Å². The fraction of sp³-hybridized carbons (Fsp3) is 0.400. The van der Waals surface area contributed by atoms with Crippen LogP contribution in [0.5, 0.6) is 0 Å². The highest BCUT2D eigenvalue weighted by Crippen LogP contribution is 2.22. The lowest BCUT2D eigenvalue weighted by Gasteiger charge is -2.11. The highest BCUT2D eigenvalue weighted by atomic mass is 16.1. The lowest BCUT2D eigenvalue weighted by molar-refractivity contribution is 0.0939. The van der Waals surface area contributed by atoms with Crippen molar-refractivity contribution in [3.05, 3.63) is 36.0 Å². The van der Waals surface area contributed by atoms with Crippen molar-refractivity contribution in [2.75, 3.05) is 0 Å². The second-order valence-corrected chi connectivity index (χ2v) is 5.13. The molecule has 1 N–H and O–H groups in total. The van der Waals surface area contributed by atoms with Gasteiger partial charge in [0.1, 0.15) is 0 Å². The molecule has 1 saturated carbocycles. The number of amides is 1. The van der Waals surface area contributed by atoms with Crippen LogP contribution in [0.3, 0.4) is 0 Å². The minimum atomic E-state index is 0.0682. The number of nitrogens with zero attached hydrogens (tertiary/aromatic N) is 1. The highest BCUT2D eigenvalue weighted by Gasteiger charge is 2.20. The van der Waals surface area contributed by atoms with Gasteiger partial charge in [0.2, 0.25) is 0 Å². The maximum Gasteiger partial charge on any atom is 0.253 e. The quantitative estimate of drug-likeness (QED) is 0.863. The van der Waals surface area contributed by atoms with Gasteiger partial charge in [0.15, 0.2) is 0 Å². The van der Waals surface area contributed by atoms with Crippen LogP contribution in [0, 0.1) is 0 Å². The predicted molar refractivity (Wildman–Crippen MR) is 72.6 cm³/mol. The molecule has 0 radical (unpaired) electrons. The molecule has 3 nitrogen and oxygen atoms in total. The fourth-order valence-corrected chi connectivity index (χ4v) is 2.86. The van der Waals surface area contributed by atoms with Gasteiger partial charge in [0, 0.05) is 30.2 Å². The lowest BCUT2D eigenvalue weighted by Crippen LogP contribution is -2.32. The van der Waals surface area contributed by atoms with Crippen LogP contribution in [0.15, 0.2) is 30.5 Å². The largest absolute Gasteiger partial charge is 0.350 e. The van der Waals surface area contributed by atoms with Gasteiger partial charge in [-0.15, -0.1) is 0 Å². The molecule has 0 saturated heterocycles. The first-order valence-electron chi connectivity index (χ1n) is 6.60. The number of aromatic nitrogens is 1. The summed E-state index contributed by atoms with van der Waals surface area (Å²) in [6.45, 7) is 0. The topological polar surface area (TPSA) is 34.0 Å². The average Bonchev–Trinajstić information content (AvgIpc) is 2.98. The average molecular weight is 242 g/mol. The Kier molecular flexibility index (Phi) is 2.82. The summed E-state index contributed by atoms with van der Waals surface area (Å²) in [4.78, 5) is 12.3. The van der Waals surface area contributed by atoms with Crippen molar-refractivity contribution in [1.29, 1.82) is 0 Å². The van der Waals surface area contributed by atoms with Gasteiger partial charge in [-0.3, -0.25) is 4.79 Å². The van der Waals surface area contributed by atoms with Crippen molar-refractivity contribution < 1.29 is 4.79 Å². The summed E-state index contributed by atoms with van der Waals surface area (Å²) in [5, 5.41) is 4.19. The maximum absolute atomic E-state index is 12.3. The number of fused-ring (bicyclic) bond motifs is 1. The van der Waals surface area contributed by atoms with E-state index < -0.39 is 0 Å². The first kappa shape index (κ1) is 11.3. The van der Waals surface area contributed by atoms with Crippen LogP contribution < -0.4 is 5.32 Å². The highest BCUT2D eigenvalue weighted by molar-refractivity contribution is 6.07. The number of benzene rings is 1. The fourth-order valence-electron chi connectivity index (χ4n) is 2.86. The number of aryl methyl sites for hydroxylation is 1. The second kappa shape index (κ2) is 4.48. The molecule has 1 aromatic heterocycles. The van der Waals surface area contributed by atoms with E-state index in [4.69, 9.17) is 0 Å². The molecule has 3 rings (SSSR count). The van der Waals surface area contributed by atoms with E-state index in [-0.39, 0.29) is 5.91 Å². The second-order valence-electron chi connectivity index (χ2n) is 5.13. The summed E-state index contributed by atoms with van der Waals surface area (Å²) in [6.07, 6.45) is 6.64. The van der Waals surface area contributed by atoms with E-state index in [0.29, 0.717) is 6.04 Å². The van der Waals surface area contributed by atoms with Crippen molar-refractivity contribution in [2.45, 2.75) is 31.7 Å². The zero-order chi connectivity index (χ0) is 12.5. The Hall–Kier alpha value is -1.77. The third-order valence-electron chi connectivity index (χ3n) is 3.83. The van der Waals surface area contributed by atoms with Crippen LogP contribution in [0.2, 0.25) is 0 Å². The molecule has 0 bridgehead atoms. The van der Waals surface area contributed by atoms with Crippen LogP contribution in [0.4, 0.5) is 0 Å². The van der Waals surface area contributed by atoms with Crippen molar-refractivity contribution in [1.82, 2.24) is 9.88 Å². The normalized spacial score (nSPS) is 16.3. The standard InChI is InChI=1S/C15H18N2O/c1-17-10-13(12-8-4-5-9-14(12)17)15(18)16-11-6-2-3-7-11/h4-5,8-11H,2-3,6-7H2,1H3,(H,16,18). The Morgan fingerprint density at radius 1 is 1.28 bits per heavy atom. The number of hydrogen-bond acceptors (Lipinski definition) is 1. The SMILES string of the molecule is Cn1cc(C(=O)NC2CCCC2)c2ccccc21. The van der Waals surface area contributed by atoms with E-state index in [2.05, 4.69) is 5.32 Å². The van der Waals surface area contributed by atoms with E-state index in [1.807, 2.05) is 42.1 Å². The Morgan fingerprint density at radius 3 is 2.78 bits per heavy atom. The third kappa shape index (κ3) is 1.90. The maximum atomic E-state index is 12.3. The number of carbonyl (C=O) groups is 1. The van der Waals surface area contributed by atoms with E-state index in [0.717, 1.165) is 29.3 Å². The minimum absolute atomic E-state index is 0.0682. The molecule has 1 aromatic carbocycles. The molecule has 0 unspecified atom stereocenters. The summed E-state index contributed by atoms with van der Waals surface area (Å²) in [6, 6.07) is 8.41. The van der Waals surface area contributed by atoms with Crippen LogP contribution in [0.25, 0.3) is 10.9 Å². The molecule has 1 amide bonds. The third-order valence-corrected chi connectivity index (χ3v) is 3.83. The lowest BCUT2D eigenvalue weighted by atomic mass is 10.1. The molecular weight excluding hydrogens is 224 g/mol. The van der Waals surface area contributed by atoms with Gasteiger partial charge >= 0.3 is 0 Å². The van der Waals surface area contributed by atoms with E-state index in [1.54, 1.807) is 0 Å². The van der Waals surface area contributed by atoms with Crippen molar-refractivity contribution >= 4 is 16.8 Å². The van der Waals surface area contributed by atoms with Gasteiger partial charge in [0.05, 0.1) is 5.56 Å². The van der Waals surface area contributed by atoms with Gasteiger partial charge in [-0.05, 0) is 18.9 Å². The van der Waals surface area contributed by atoms with Gasteiger partial charge in [-0.2, -0.15) is 0 Å². The zero-order valence-corrected chi connectivity index (χ0v) is 10.6. The van der Waals surface area contributed by atoms with E-state index in [1.165, 1.54) is 12.8 Å². The monoisotopic (exact) mass is 242 g/mol. The van der Waals surface area contributed by atoms with Gasteiger partial charge in [-0.1, -0.05) is 31.0 Å². The number of rotatable bonds is 2. The molecule has 1 fully saturated rings. The molecule has 3 heteroatoms. The van der Waals surface area contributed by atoms with Gasteiger partial charge in [-0.25, -0.2) is 0 Å². The Morgan fingerprint density at radius 2 is 2.00 bits per heavy atom. The van der Waals surface area contributed by atoms with Crippen LogP contribution in [-0.2, 0) is 7.05 Å². The molecule has 0 atom stereocenters. The summed E-state index contributed by atoms with van der Waals surface area (Å²) in [5.74, 6) is 0.0682. The molecule has 1 heterocycles. The summed E-state index contributed by atoms with van der Waals surface area (Å²) in [7, 11) is 1.98. The number of para-hydroxylation sites is 1. The number of carbonyl (C=O) groups excluding carboxylic acids is 1. The molecule has 94 valence electrons. The van der Waals surface area contributed by atoms with Crippen molar-refractivity contribution in [2.24, 2.45) is 7.05 Å². The molecule has 18 heavy (non-hydrogen) atoms. The zero-order valence-electron chi connectivity index (χ0n) is 10.6. The first-order chi connectivity index (χ1) is 8.75. The molecular formula is C15H18N2O. The minimum Gasteiger partial charge on any atom is -0.350 e. The first-order valence-corrected chi connectivity index (χ1v) is 6.60. The summed E-state index contributed by atoms with van der Waals surface area (Å²) >= 11 is 0. The molecule has 0 spiro atoms. The predicted octanol–water partition coefficient (Wildman–Crippen LogP) is 2.85. The summed E-state index contributed by atoms with van der Waals surface area (Å²) in [5.41, 5.74) is 1.90. The van der Waals surface area contributed by atoms with Gasteiger partial charge < -0.3 is 9.88 Å². The Bertz CT molecular complexity index is 579. The number of nitrogens with one attached hydrogen (secondary N) is 1. The Balaban J connectivity index is 1.91. The van der Waals surface area contributed by atoms with Crippen LogP contribution in [-0.4, -0.2) is 16.5 Å². The number of hydrogen-bond donors (Lipinski definition) is 1. The molecule has 2 aromatic rings.